The van der Waals surface area contributed by atoms with Crippen molar-refractivity contribution in [2.24, 2.45) is 5.92 Å². The van der Waals surface area contributed by atoms with Gasteiger partial charge in [-0.1, -0.05) is 22.9 Å². The van der Waals surface area contributed by atoms with Crippen LogP contribution in [0.15, 0.2) is 22.7 Å². The van der Waals surface area contributed by atoms with Gasteiger partial charge >= 0.3 is 0 Å². The lowest BCUT2D eigenvalue weighted by molar-refractivity contribution is -0.124. The number of nitrogens with zero attached hydrogens (tertiary/aromatic N) is 1. The second-order valence-electron chi connectivity index (χ2n) is 4.83. The third-order valence-corrected chi connectivity index (χ3v) is 4.25. The van der Waals surface area contributed by atoms with Crippen LogP contribution in [0.3, 0.4) is 0 Å². The Labute approximate surface area is 115 Å². The maximum Gasteiger partial charge on any atom is 0.253 e. The summed E-state index contributed by atoms with van der Waals surface area (Å²) in [5.74, 6) is 0.232. The van der Waals surface area contributed by atoms with Gasteiger partial charge in [0.25, 0.3) is 5.91 Å². The Morgan fingerprint density at radius 2 is 2.17 bits per heavy atom. The Kier molecular flexibility index (Phi) is 3.85. The molecule has 0 bridgehead atoms. The fourth-order valence-corrected chi connectivity index (χ4v) is 2.41. The molecule has 96 valence electrons. The van der Waals surface area contributed by atoms with Crippen LogP contribution in [-0.2, 0) is 4.79 Å². The number of Topliss-reactive ketones (excluding diaryl/α,β-unsaturated/α-hetero) is 1. The van der Waals surface area contributed by atoms with E-state index in [1.807, 2.05) is 32.0 Å². The zero-order chi connectivity index (χ0) is 13.3. The van der Waals surface area contributed by atoms with E-state index in [0.717, 1.165) is 10.0 Å². The predicted molar refractivity (Wildman–Crippen MR) is 73.6 cm³/mol. The topological polar surface area (TPSA) is 37.4 Å². The van der Waals surface area contributed by atoms with Gasteiger partial charge in [-0.3, -0.25) is 9.59 Å². The standard InChI is InChI=1S/C14H16BrNO2/c1-9-7-11(3-4-12(9)15)14(18)16-6-5-13(17)10(2)8-16/h3-4,7,10H,5-6,8H2,1-2H3. The van der Waals surface area contributed by atoms with Crippen LogP contribution in [0, 0.1) is 12.8 Å². The van der Waals surface area contributed by atoms with E-state index in [2.05, 4.69) is 15.9 Å². The molecule has 0 spiro atoms. The molecule has 1 heterocycles. The summed E-state index contributed by atoms with van der Waals surface area (Å²) >= 11 is 3.42. The minimum atomic E-state index is -0.0424. The first kappa shape index (κ1) is 13.3. The predicted octanol–water partition coefficient (Wildman–Crippen LogP) is 2.81. The van der Waals surface area contributed by atoms with Crippen molar-refractivity contribution < 1.29 is 9.59 Å². The van der Waals surface area contributed by atoms with Crippen LogP contribution >= 0.6 is 15.9 Å². The Morgan fingerprint density at radius 3 is 2.78 bits per heavy atom. The highest BCUT2D eigenvalue weighted by Gasteiger charge is 2.27. The largest absolute Gasteiger partial charge is 0.337 e. The summed E-state index contributed by atoms with van der Waals surface area (Å²) in [6.45, 7) is 4.92. The summed E-state index contributed by atoms with van der Waals surface area (Å²) in [6, 6.07) is 5.59. The maximum atomic E-state index is 12.3. The highest BCUT2D eigenvalue weighted by Crippen LogP contribution is 2.20. The minimum absolute atomic E-state index is 0.0185. The van der Waals surface area contributed by atoms with E-state index < -0.39 is 0 Å². The summed E-state index contributed by atoms with van der Waals surface area (Å²) in [5, 5.41) is 0. The van der Waals surface area contributed by atoms with Crippen molar-refractivity contribution in [2.45, 2.75) is 20.3 Å². The van der Waals surface area contributed by atoms with Crippen molar-refractivity contribution >= 4 is 27.6 Å². The molecule has 1 aromatic rings. The summed E-state index contributed by atoms with van der Waals surface area (Å²) in [7, 11) is 0. The summed E-state index contributed by atoms with van der Waals surface area (Å²) in [5.41, 5.74) is 1.74. The monoisotopic (exact) mass is 309 g/mol. The molecule has 1 atom stereocenters. The number of ketones is 1. The summed E-state index contributed by atoms with van der Waals surface area (Å²) < 4.78 is 1.00. The first-order valence-electron chi connectivity index (χ1n) is 6.07. The van der Waals surface area contributed by atoms with Crippen LogP contribution < -0.4 is 0 Å². The van der Waals surface area contributed by atoms with Gasteiger partial charge in [0.05, 0.1) is 0 Å². The van der Waals surface area contributed by atoms with Gasteiger partial charge in [0, 0.05) is 35.5 Å². The lowest BCUT2D eigenvalue weighted by Gasteiger charge is -2.30. The van der Waals surface area contributed by atoms with E-state index in [9.17, 15) is 9.59 Å². The number of benzene rings is 1. The molecule has 1 fully saturated rings. The molecule has 1 amide bonds. The molecule has 4 heteroatoms. The number of halogens is 1. The molecular weight excluding hydrogens is 294 g/mol. The smallest absolute Gasteiger partial charge is 0.253 e. The van der Waals surface area contributed by atoms with E-state index in [4.69, 9.17) is 0 Å². The summed E-state index contributed by atoms with van der Waals surface area (Å²) in [4.78, 5) is 25.5. The molecule has 18 heavy (non-hydrogen) atoms. The van der Waals surface area contributed by atoms with Crippen molar-refractivity contribution in [2.75, 3.05) is 13.1 Å². The van der Waals surface area contributed by atoms with Crippen molar-refractivity contribution in [1.82, 2.24) is 4.90 Å². The fourth-order valence-electron chi connectivity index (χ4n) is 2.16. The zero-order valence-corrected chi connectivity index (χ0v) is 12.2. The van der Waals surface area contributed by atoms with Crippen LogP contribution in [0.4, 0.5) is 0 Å². The molecule has 1 unspecified atom stereocenters. The Hall–Kier alpha value is -1.16. The molecule has 0 aliphatic carbocycles. The molecule has 0 aromatic heterocycles. The van der Waals surface area contributed by atoms with Crippen molar-refractivity contribution in [1.29, 1.82) is 0 Å². The first-order chi connectivity index (χ1) is 8.49. The number of hydrogen-bond donors (Lipinski definition) is 0. The first-order valence-corrected chi connectivity index (χ1v) is 6.86. The minimum Gasteiger partial charge on any atom is -0.337 e. The van der Waals surface area contributed by atoms with Gasteiger partial charge < -0.3 is 4.90 Å². The molecule has 1 aromatic carbocycles. The molecular formula is C14H16BrNO2. The number of piperidine rings is 1. The third kappa shape index (κ3) is 2.64. The number of carbonyl (C=O) groups excluding carboxylic acids is 2. The molecule has 0 N–H and O–H groups in total. The van der Waals surface area contributed by atoms with E-state index >= 15 is 0 Å². The Bertz CT molecular complexity index is 499. The van der Waals surface area contributed by atoms with E-state index in [1.54, 1.807) is 4.90 Å². The quantitative estimate of drug-likeness (QED) is 0.800. The van der Waals surface area contributed by atoms with Crippen molar-refractivity contribution in [3.63, 3.8) is 0 Å². The Balaban J connectivity index is 2.16. The SMILES string of the molecule is Cc1cc(C(=O)N2CCC(=O)C(C)C2)ccc1Br. The van der Waals surface area contributed by atoms with E-state index in [0.29, 0.717) is 25.1 Å². The van der Waals surface area contributed by atoms with Gasteiger partial charge in [-0.15, -0.1) is 0 Å². The number of aryl methyl sites for hydroxylation is 1. The lowest BCUT2D eigenvalue weighted by Crippen LogP contribution is -2.43. The van der Waals surface area contributed by atoms with Crippen LogP contribution in [0.25, 0.3) is 0 Å². The lowest BCUT2D eigenvalue weighted by atomic mass is 9.98. The highest BCUT2D eigenvalue weighted by molar-refractivity contribution is 9.10. The Morgan fingerprint density at radius 1 is 1.44 bits per heavy atom. The molecule has 2 rings (SSSR count). The average molecular weight is 310 g/mol. The number of rotatable bonds is 1. The maximum absolute atomic E-state index is 12.3. The van der Waals surface area contributed by atoms with Gasteiger partial charge in [-0.05, 0) is 30.7 Å². The van der Waals surface area contributed by atoms with Crippen LogP contribution in [0.5, 0.6) is 0 Å². The number of likely N-dealkylation sites (tertiary alicyclic amines) is 1. The van der Waals surface area contributed by atoms with Crippen molar-refractivity contribution in [3.8, 4) is 0 Å². The van der Waals surface area contributed by atoms with E-state index in [1.165, 1.54) is 0 Å². The fraction of sp³-hybridized carbons (Fsp3) is 0.429. The van der Waals surface area contributed by atoms with Crippen molar-refractivity contribution in [3.05, 3.63) is 33.8 Å². The molecule has 3 nitrogen and oxygen atoms in total. The second kappa shape index (κ2) is 5.22. The van der Waals surface area contributed by atoms with Crippen LogP contribution in [-0.4, -0.2) is 29.7 Å². The van der Waals surface area contributed by atoms with Gasteiger partial charge in [0.1, 0.15) is 5.78 Å². The molecule has 1 aliphatic rings. The molecule has 1 aliphatic heterocycles. The van der Waals surface area contributed by atoms with Gasteiger partial charge in [0.2, 0.25) is 0 Å². The number of amides is 1. The second-order valence-corrected chi connectivity index (χ2v) is 5.69. The highest BCUT2D eigenvalue weighted by atomic mass is 79.9. The van der Waals surface area contributed by atoms with Crippen LogP contribution in [0.2, 0.25) is 0 Å². The normalized spacial score (nSPS) is 20.1. The van der Waals surface area contributed by atoms with Gasteiger partial charge in [0.15, 0.2) is 0 Å². The van der Waals surface area contributed by atoms with Gasteiger partial charge in [-0.2, -0.15) is 0 Å². The molecule has 0 radical (unpaired) electrons. The van der Waals surface area contributed by atoms with E-state index in [-0.39, 0.29) is 17.6 Å². The average Bonchev–Trinajstić information content (AvgIpc) is 2.35. The third-order valence-electron chi connectivity index (χ3n) is 3.36. The number of hydrogen-bond acceptors (Lipinski definition) is 2. The summed E-state index contributed by atoms with van der Waals surface area (Å²) in [6.07, 6.45) is 0.475. The number of carbonyl (C=O) groups is 2. The zero-order valence-electron chi connectivity index (χ0n) is 10.6. The molecule has 0 saturated carbocycles. The molecule has 1 saturated heterocycles. The van der Waals surface area contributed by atoms with Crippen LogP contribution in [0.1, 0.15) is 29.3 Å². The van der Waals surface area contributed by atoms with Gasteiger partial charge in [-0.25, -0.2) is 0 Å².